The minimum atomic E-state index is -1.44. The fourth-order valence-corrected chi connectivity index (χ4v) is 8.71. The second kappa shape index (κ2) is 10.5. The van der Waals surface area contributed by atoms with Gasteiger partial charge >= 0.3 is 0 Å². The molecule has 2 fully saturated rings. The van der Waals surface area contributed by atoms with E-state index < -0.39 is 22.7 Å². The molecule has 230 valence electrons. The number of ketones is 1. The van der Waals surface area contributed by atoms with Gasteiger partial charge in [0.25, 0.3) is 0 Å². The lowest BCUT2D eigenvalue weighted by molar-refractivity contribution is -0.130. The number of benzene rings is 5. The van der Waals surface area contributed by atoms with Crippen LogP contribution in [-0.2, 0) is 25.2 Å². The summed E-state index contributed by atoms with van der Waals surface area (Å²) in [4.78, 5) is 47.4. The van der Waals surface area contributed by atoms with Crippen molar-refractivity contribution in [3.8, 4) is 0 Å². The summed E-state index contributed by atoms with van der Waals surface area (Å²) >= 11 is 6.57. The number of allylic oxidation sites excluding steroid dienone is 2. The van der Waals surface area contributed by atoms with E-state index in [-0.39, 0.29) is 17.6 Å². The molecule has 3 aliphatic rings. The van der Waals surface area contributed by atoms with Gasteiger partial charge in [0.1, 0.15) is 0 Å². The van der Waals surface area contributed by atoms with Crippen LogP contribution >= 0.6 is 11.6 Å². The van der Waals surface area contributed by atoms with Gasteiger partial charge in [-0.3, -0.25) is 14.4 Å². The van der Waals surface area contributed by atoms with E-state index in [0.717, 1.165) is 39.0 Å². The van der Waals surface area contributed by atoms with Gasteiger partial charge in [0.05, 0.1) is 28.4 Å². The Balaban J connectivity index is 1.55. The lowest BCUT2D eigenvalue weighted by atomic mass is 9.59. The van der Waals surface area contributed by atoms with Crippen LogP contribution in [0.1, 0.15) is 38.9 Å². The van der Waals surface area contributed by atoms with Crippen LogP contribution in [0.2, 0.25) is 5.02 Å². The zero-order valence-electron chi connectivity index (χ0n) is 26.3. The van der Waals surface area contributed by atoms with Crippen LogP contribution in [0.3, 0.4) is 0 Å². The number of anilines is 1. The van der Waals surface area contributed by atoms with Crippen molar-refractivity contribution < 1.29 is 14.4 Å². The van der Waals surface area contributed by atoms with E-state index in [4.69, 9.17) is 11.6 Å². The van der Waals surface area contributed by atoms with Gasteiger partial charge < -0.3 is 0 Å². The normalized spacial score (nSPS) is 24.8. The van der Waals surface area contributed by atoms with Crippen LogP contribution < -0.4 is 4.90 Å². The Hall–Kier alpha value is -5.06. The number of Topliss-reactive ketones (excluding diaryl/α,β-unsaturated/α-hetero) is 1. The van der Waals surface area contributed by atoms with E-state index >= 15 is 14.4 Å². The molecule has 2 amide bonds. The fraction of sp³-hybridized carbons (Fsp3) is 0.167. The number of carbonyl (C=O) groups is 3. The average Bonchev–Trinajstić information content (AvgIpc) is 3.60. The third-order valence-corrected chi connectivity index (χ3v) is 11.0. The maximum Gasteiger partial charge on any atom is 0.239 e. The SMILES string of the molecule is Cc1ccc(C2=C(c3ccc(C)cc3)[C@@]3(c4ccccc4)C(=O)[C@@]2(c2ccccc2)[C@@H]2C(=O)N(c4ccc(C)c(Cl)c4)C(=O)[C@H]23)cc1. The molecule has 2 bridgehead atoms. The molecule has 1 saturated heterocycles. The van der Waals surface area contributed by atoms with E-state index in [1.807, 2.05) is 136 Å². The van der Waals surface area contributed by atoms with Crippen molar-refractivity contribution in [3.63, 3.8) is 0 Å². The summed E-state index contributed by atoms with van der Waals surface area (Å²) in [5.74, 6) is -2.86. The van der Waals surface area contributed by atoms with Gasteiger partial charge in [-0.2, -0.15) is 0 Å². The molecule has 0 N–H and O–H groups in total. The Bertz CT molecular complexity index is 2010. The second-order valence-corrected chi connectivity index (χ2v) is 13.5. The van der Waals surface area contributed by atoms with Crippen LogP contribution in [0.25, 0.3) is 11.1 Å². The smallest absolute Gasteiger partial charge is 0.239 e. The number of hydrogen-bond donors (Lipinski definition) is 0. The van der Waals surface area contributed by atoms with Crippen molar-refractivity contribution in [2.75, 3.05) is 4.90 Å². The summed E-state index contributed by atoms with van der Waals surface area (Å²) in [6.45, 7) is 5.94. The number of aryl methyl sites for hydroxylation is 3. The van der Waals surface area contributed by atoms with E-state index in [1.54, 1.807) is 12.1 Å². The molecule has 0 spiro atoms. The van der Waals surface area contributed by atoms with Crippen molar-refractivity contribution in [3.05, 3.63) is 171 Å². The van der Waals surface area contributed by atoms with Crippen molar-refractivity contribution in [1.82, 2.24) is 0 Å². The number of nitrogens with zero attached hydrogens (tertiary/aromatic N) is 1. The Kier molecular flexibility index (Phi) is 6.54. The number of rotatable bonds is 5. The molecule has 5 heteroatoms. The number of imide groups is 1. The van der Waals surface area contributed by atoms with E-state index in [1.165, 1.54) is 4.90 Å². The molecular formula is C42H32ClNO3. The Morgan fingerprint density at radius 2 is 0.979 bits per heavy atom. The van der Waals surface area contributed by atoms with Gasteiger partial charge in [0, 0.05) is 5.02 Å². The Morgan fingerprint density at radius 3 is 1.38 bits per heavy atom. The highest BCUT2D eigenvalue weighted by Gasteiger charge is 2.82. The molecule has 2 aliphatic carbocycles. The number of halogens is 1. The topological polar surface area (TPSA) is 54.5 Å². The average molecular weight is 634 g/mol. The Labute approximate surface area is 279 Å². The van der Waals surface area contributed by atoms with Crippen LogP contribution in [0, 0.1) is 32.6 Å². The molecule has 5 aromatic rings. The van der Waals surface area contributed by atoms with Crippen molar-refractivity contribution in [1.29, 1.82) is 0 Å². The molecule has 0 aromatic heterocycles. The summed E-state index contributed by atoms with van der Waals surface area (Å²) in [6, 6.07) is 40.8. The summed E-state index contributed by atoms with van der Waals surface area (Å²) < 4.78 is 0. The first-order valence-corrected chi connectivity index (χ1v) is 16.3. The van der Waals surface area contributed by atoms with Crippen LogP contribution in [0.15, 0.2) is 127 Å². The monoisotopic (exact) mass is 633 g/mol. The molecule has 4 atom stereocenters. The molecule has 0 radical (unpaired) electrons. The zero-order chi connectivity index (χ0) is 32.7. The first-order chi connectivity index (χ1) is 22.7. The number of fused-ring (bicyclic) bond motifs is 5. The van der Waals surface area contributed by atoms with Gasteiger partial charge in [0.2, 0.25) is 11.8 Å². The van der Waals surface area contributed by atoms with Crippen molar-refractivity contribution >= 4 is 46.0 Å². The summed E-state index contributed by atoms with van der Waals surface area (Å²) in [5, 5.41) is 0.466. The predicted molar refractivity (Wildman–Crippen MR) is 186 cm³/mol. The Morgan fingerprint density at radius 1 is 0.553 bits per heavy atom. The maximum absolute atomic E-state index is 16.0. The van der Waals surface area contributed by atoms with Crippen LogP contribution in [-0.4, -0.2) is 17.6 Å². The van der Waals surface area contributed by atoms with Crippen molar-refractivity contribution in [2.24, 2.45) is 11.8 Å². The van der Waals surface area contributed by atoms with Gasteiger partial charge in [0.15, 0.2) is 5.78 Å². The van der Waals surface area contributed by atoms with E-state index in [9.17, 15) is 0 Å². The lowest BCUT2D eigenvalue weighted by Gasteiger charge is -2.39. The molecule has 4 nitrogen and oxygen atoms in total. The first kappa shape index (κ1) is 29.3. The minimum Gasteiger partial charge on any atom is -0.297 e. The predicted octanol–water partition coefficient (Wildman–Crippen LogP) is 8.45. The van der Waals surface area contributed by atoms with Crippen molar-refractivity contribution in [2.45, 2.75) is 31.6 Å². The summed E-state index contributed by atoms with van der Waals surface area (Å²) in [5.41, 5.74) is 5.25. The van der Waals surface area contributed by atoms with Gasteiger partial charge in [-0.15, -0.1) is 0 Å². The lowest BCUT2D eigenvalue weighted by Crippen LogP contribution is -2.45. The van der Waals surface area contributed by atoms with Crippen LogP contribution in [0.5, 0.6) is 0 Å². The fourth-order valence-electron chi connectivity index (χ4n) is 8.54. The third kappa shape index (κ3) is 3.79. The summed E-state index contributed by atoms with van der Waals surface area (Å²) in [7, 11) is 0. The molecule has 47 heavy (non-hydrogen) atoms. The standard InChI is InChI=1S/C42H32ClNO3/c1-25-14-19-28(20-15-25)34-35(29-21-16-26(2)17-22-29)42(31-12-8-5-9-13-31)37-36(41(34,40(42)47)30-10-6-4-7-11-30)38(45)44(39(37)46)32-23-18-27(3)33(43)24-32/h4-24,36-37H,1-3H3/t36-,37-,41+,42+/m0/s1. The molecule has 8 rings (SSSR count). The molecule has 1 saturated carbocycles. The van der Waals surface area contributed by atoms with Crippen LogP contribution in [0.4, 0.5) is 5.69 Å². The van der Waals surface area contributed by atoms with Gasteiger partial charge in [-0.25, -0.2) is 4.90 Å². The number of amides is 2. The van der Waals surface area contributed by atoms with Gasteiger partial charge in [-0.1, -0.05) is 138 Å². The molecule has 1 aliphatic heterocycles. The highest BCUT2D eigenvalue weighted by Crippen LogP contribution is 2.74. The van der Waals surface area contributed by atoms with E-state index in [2.05, 4.69) is 0 Å². The molecule has 1 heterocycles. The maximum atomic E-state index is 16.0. The number of carbonyl (C=O) groups excluding carboxylic acids is 3. The second-order valence-electron chi connectivity index (χ2n) is 13.1. The highest BCUT2D eigenvalue weighted by molar-refractivity contribution is 6.39. The molecular weight excluding hydrogens is 602 g/mol. The first-order valence-electron chi connectivity index (χ1n) is 15.9. The quantitative estimate of drug-likeness (QED) is 0.183. The number of hydrogen-bond acceptors (Lipinski definition) is 3. The molecule has 0 unspecified atom stereocenters. The minimum absolute atomic E-state index is 0.133. The van der Waals surface area contributed by atoms with E-state index in [0.29, 0.717) is 21.8 Å². The molecule has 5 aromatic carbocycles. The largest absolute Gasteiger partial charge is 0.297 e. The zero-order valence-corrected chi connectivity index (χ0v) is 27.1. The summed E-state index contributed by atoms with van der Waals surface area (Å²) in [6.07, 6.45) is 0. The van der Waals surface area contributed by atoms with Gasteiger partial charge in [-0.05, 0) is 71.9 Å². The highest BCUT2D eigenvalue weighted by atomic mass is 35.5. The third-order valence-electron chi connectivity index (χ3n) is 10.5.